The van der Waals surface area contributed by atoms with E-state index in [1.54, 1.807) is 22.8 Å². The molecule has 1 aliphatic heterocycles. The van der Waals surface area contributed by atoms with Gasteiger partial charge in [0.15, 0.2) is 0 Å². The summed E-state index contributed by atoms with van der Waals surface area (Å²) in [7, 11) is 1.80. The first kappa shape index (κ1) is 24.8. The number of nitrogens with zero attached hydrogens (tertiary/aromatic N) is 4. The molecule has 6 nitrogen and oxygen atoms in total. The number of carbonyl (C=O) groups excluding carboxylic acids is 1. The molecule has 0 saturated heterocycles. The number of anilines is 1. The van der Waals surface area contributed by atoms with E-state index >= 15 is 0 Å². The third-order valence-corrected chi connectivity index (χ3v) is 7.88. The number of fused-ring (bicyclic) bond motifs is 1. The Morgan fingerprint density at radius 2 is 2.00 bits per heavy atom. The highest BCUT2D eigenvalue weighted by molar-refractivity contribution is 6.32. The molecule has 0 unspecified atom stereocenters. The molecule has 1 saturated carbocycles. The molecule has 1 aliphatic carbocycles. The van der Waals surface area contributed by atoms with E-state index in [4.69, 9.17) is 11.6 Å². The SMILES string of the molecule is Cn1cnnc1[C@@H](CCC(F)F)c1cccc(N2Cc3c(Cl)cc(CNC4(C)CCC4)cc3C2=O)c1. The van der Waals surface area contributed by atoms with Crippen molar-refractivity contribution in [2.24, 2.45) is 7.05 Å². The smallest absolute Gasteiger partial charge is 0.258 e. The number of benzene rings is 2. The van der Waals surface area contributed by atoms with Crippen LogP contribution < -0.4 is 10.2 Å². The molecule has 2 heterocycles. The molecule has 2 aliphatic rings. The molecule has 2 aromatic carbocycles. The van der Waals surface area contributed by atoms with Crippen molar-refractivity contribution in [3.63, 3.8) is 0 Å². The van der Waals surface area contributed by atoms with E-state index in [-0.39, 0.29) is 30.2 Å². The van der Waals surface area contributed by atoms with E-state index in [0.29, 0.717) is 35.2 Å². The van der Waals surface area contributed by atoms with Crippen molar-refractivity contribution >= 4 is 23.2 Å². The maximum absolute atomic E-state index is 13.5. The summed E-state index contributed by atoms with van der Waals surface area (Å²) in [4.78, 5) is 15.2. The van der Waals surface area contributed by atoms with Crippen molar-refractivity contribution in [1.82, 2.24) is 20.1 Å². The van der Waals surface area contributed by atoms with Gasteiger partial charge < -0.3 is 14.8 Å². The van der Waals surface area contributed by atoms with Crippen molar-refractivity contribution in [2.75, 3.05) is 4.90 Å². The summed E-state index contributed by atoms with van der Waals surface area (Å²) in [6.07, 6.45) is 2.68. The van der Waals surface area contributed by atoms with Crippen LogP contribution in [0.4, 0.5) is 14.5 Å². The van der Waals surface area contributed by atoms with Gasteiger partial charge in [0.05, 0.1) is 6.54 Å². The van der Waals surface area contributed by atoms with E-state index in [1.165, 1.54) is 6.42 Å². The summed E-state index contributed by atoms with van der Waals surface area (Å²) >= 11 is 6.63. The summed E-state index contributed by atoms with van der Waals surface area (Å²) in [5.41, 5.74) is 4.10. The zero-order valence-electron chi connectivity index (χ0n) is 20.5. The third-order valence-electron chi connectivity index (χ3n) is 7.54. The van der Waals surface area contributed by atoms with Gasteiger partial charge in [0.2, 0.25) is 6.43 Å². The van der Waals surface area contributed by atoms with Crippen molar-refractivity contribution in [3.05, 3.63) is 75.8 Å². The van der Waals surface area contributed by atoms with Crippen LogP contribution in [0.5, 0.6) is 0 Å². The van der Waals surface area contributed by atoms with Crippen LogP contribution in [0.25, 0.3) is 0 Å². The fourth-order valence-electron chi connectivity index (χ4n) is 5.18. The van der Waals surface area contributed by atoms with E-state index in [2.05, 4.69) is 22.4 Å². The van der Waals surface area contributed by atoms with Crippen LogP contribution in [-0.2, 0) is 20.1 Å². The zero-order valence-corrected chi connectivity index (χ0v) is 21.2. The number of hydrogen-bond donors (Lipinski definition) is 1. The van der Waals surface area contributed by atoms with Crippen LogP contribution >= 0.6 is 11.6 Å². The normalized spacial score (nSPS) is 17.4. The number of aromatic nitrogens is 3. The van der Waals surface area contributed by atoms with Crippen LogP contribution in [0.1, 0.15) is 77.8 Å². The topological polar surface area (TPSA) is 63.1 Å². The summed E-state index contributed by atoms with van der Waals surface area (Å²) in [5.74, 6) is 0.147. The van der Waals surface area contributed by atoms with Crippen molar-refractivity contribution in [1.29, 1.82) is 0 Å². The molecule has 1 aromatic heterocycles. The molecular weight excluding hydrogens is 484 g/mol. The monoisotopic (exact) mass is 513 g/mol. The summed E-state index contributed by atoms with van der Waals surface area (Å²) < 4.78 is 27.9. The first-order valence-electron chi connectivity index (χ1n) is 12.3. The summed E-state index contributed by atoms with van der Waals surface area (Å²) in [6.45, 7) is 3.25. The van der Waals surface area contributed by atoms with Gasteiger partial charge in [-0.25, -0.2) is 8.78 Å². The highest BCUT2D eigenvalue weighted by Gasteiger charge is 2.33. The van der Waals surface area contributed by atoms with Crippen molar-refractivity contribution in [3.8, 4) is 0 Å². The van der Waals surface area contributed by atoms with Crippen LogP contribution in [0.2, 0.25) is 5.02 Å². The van der Waals surface area contributed by atoms with Gasteiger partial charge >= 0.3 is 0 Å². The van der Waals surface area contributed by atoms with Crippen LogP contribution in [0, 0.1) is 0 Å². The van der Waals surface area contributed by atoms with Gasteiger partial charge in [0.1, 0.15) is 12.2 Å². The van der Waals surface area contributed by atoms with Gasteiger partial charge in [-0.3, -0.25) is 4.79 Å². The lowest BCUT2D eigenvalue weighted by molar-refractivity contribution is 0.0996. The molecular formula is C27H30ClF2N5O. The average molecular weight is 514 g/mol. The number of halogens is 3. The number of amides is 1. The van der Waals surface area contributed by atoms with Gasteiger partial charge in [-0.15, -0.1) is 10.2 Å². The fourth-order valence-corrected chi connectivity index (χ4v) is 5.49. The minimum absolute atomic E-state index is 0.108. The fraction of sp³-hybridized carbons (Fsp3) is 0.444. The Bertz CT molecular complexity index is 1270. The second kappa shape index (κ2) is 9.90. The standard InChI is InChI=1S/C27H30ClF2N5O/c1-27(9-4-10-27)31-14-17-11-21-22(23(28)12-17)15-35(26(21)36)19-6-3-5-18(13-19)20(7-8-24(29)30)25-33-32-16-34(25)2/h3,5-6,11-13,16,20,24,31H,4,7-10,14-15H2,1-2H3/t20-/m0/s1. The molecule has 36 heavy (non-hydrogen) atoms. The Labute approximate surface area is 214 Å². The van der Waals surface area contributed by atoms with Crippen LogP contribution in [0.3, 0.4) is 0 Å². The quantitative estimate of drug-likeness (QED) is 0.390. The maximum atomic E-state index is 13.5. The van der Waals surface area contributed by atoms with Gasteiger partial charge in [-0.05, 0) is 68.0 Å². The molecule has 9 heteroatoms. The van der Waals surface area contributed by atoms with E-state index in [1.807, 2.05) is 36.4 Å². The van der Waals surface area contributed by atoms with Crippen LogP contribution in [-0.4, -0.2) is 32.6 Å². The first-order chi connectivity index (χ1) is 17.2. The maximum Gasteiger partial charge on any atom is 0.258 e. The summed E-state index contributed by atoms with van der Waals surface area (Å²) in [6, 6.07) is 11.4. The predicted molar refractivity (Wildman–Crippen MR) is 136 cm³/mol. The van der Waals surface area contributed by atoms with E-state index < -0.39 is 6.43 Å². The molecule has 0 bridgehead atoms. The van der Waals surface area contributed by atoms with Gasteiger partial charge in [0, 0.05) is 53.3 Å². The molecule has 0 radical (unpaired) electrons. The number of nitrogens with one attached hydrogen (secondary N) is 1. The highest BCUT2D eigenvalue weighted by atomic mass is 35.5. The zero-order chi connectivity index (χ0) is 25.4. The van der Waals surface area contributed by atoms with Crippen molar-refractivity contribution < 1.29 is 13.6 Å². The van der Waals surface area contributed by atoms with Gasteiger partial charge in [0.25, 0.3) is 5.91 Å². The lowest BCUT2D eigenvalue weighted by Crippen LogP contribution is -2.47. The highest BCUT2D eigenvalue weighted by Crippen LogP contribution is 2.37. The lowest BCUT2D eigenvalue weighted by Gasteiger charge is -2.39. The molecule has 1 fully saturated rings. The Kier molecular flexibility index (Phi) is 6.83. The predicted octanol–water partition coefficient (Wildman–Crippen LogP) is 5.84. The molecule has 190 valence electrons. The van der Waals surface area contributed by atoms with Gasteiger partial charge in [-0.1, -0.05) is 23.7 Å². The minimum atomic E-state index is -2.41. The first-order valence-corrected chi connectivity index (χ1v) is 12.7. The Morgan fingerprint density at radius 3 is 2.67 bits per heavy atom. The van der Waals surface area contributed by atoms with Crippen LogP contribution in [0.15, 0.2) is 42.7 Å². The average Bonchev–Trinajstić information content (AvgIpc) is 3.40. The number of carbonyl (C=O) groups is 1. The largest absolute Gasteiger partial charge is 0.320 e. The number of aryl methyl sites for hydroxylation is 1. The number of hydrogen-bond acceptors (Lipinski definition) is 4. The van der Waals surface area contributed by atoms with Crippen molar-refractivity contribution in [2.45, 2.75) is 70.0 Å². The second-order valence-corrected chi connectivity index (χ2v) is 10.6. The second-order valence-electron chi connectivity index (χ2n) is 10.2. The minimum Gasteiger partial charge on any atom is -0.320 e. The van der Waals surface area contributed by atoms with E-state index in [9.17, 15) is 13.6 Å². The molecule has 1 amide bonds. The summed E-state index contributed by atoms with van der Waals surface area (Å²) in [5, 5.41) is 12.3. The molecule has 1 N–H and O–H groups in total. The number of alkyl halides is 2. The molecule has 1 atom stereocenters. The molecule has 0 spiro atoms. The Hall–Kier alpha value is -2.84. The van der Waals surface area contributed by atoms with E-state index in [0.717, 1.165) is 29.5 Å². The molecule has 5 rings (SSSR count). The lowest BCUT2D eigenvalue weighted by atomic mass is 9.78. The Morgan fingerprint density at radius 1 is 1.19 bits per heavy atom. The number of rotatable bonds is 9. The van der Waals surface area contributed by atoms with Gasteiger partial charge in [-0.2, -0.15) is 0 Å². The Balaban J connectivity index is 1.40. The third kappa shape index (κ3) is 4.89. The molecule has 3 aromatic rings.